The highest BCUT2D eigenvalue weighted by Gasteiger charge is 2.34. The van der Waals surface area contributed by atoms with E-state index in [1.165, 1.54) is 0 Å². The molecule has 1 aromatic carbocycles. The lowest BCUT2D eigenvalue weighted by Gasteiger charge is -2.23. The highest BCUT2D eigenvalue weighted by molar-refractivity contribution is 5.55. The van der Waals surface area contributed by atoms with Crippen LogP contribution in [0.15, 0.2) is 35.7 Å². The van der Waals surface area contributed by atoms with Crippen molar-refractivity contribution in [1.29, 1.82) is 5.26 Å². The number of benzene rings is 1. The van der Waals surface area contributed by atoms with Crippen LogP contribution in [0.5, 0.6) is 11.6 Å². The highest BCUT2D eigenvalue weighted by atomic mass is 16.5. The Balaban J connectivity index is 2.06. The second-order valence-corrected chi connectivity index (χ2v) is 5.73. The fourth-order valence-electron chi connectivity index (χ4n) is 2.74. The molecule has 1 atom stereocenters. The Kier molecular flexibility index (Phi) is 3.70. The highest BCUT2D eigenvalue weighted by Crippen LogP contribution is 2.42. The number of allylic oxidation sites excluding steroid dienone is 1. The fraction of sp³-hybridized carbons (Fsp3) is 0.294. The molecule has 0 aliphatic carbocycles. The largest absolute Gasteiger partial charge is 0.491 e. The summed E-state index contributed by atoms with van der Waals surface area (Å²) >= 11 is 0. The third-order valence-corrected chi connectivity index (χ3v) is 3.71. The van der Waals surface area contributed by atoms with Crippen molar-refractivity contribution >= 4 is 0 Å². The summed E-state index contributed by atoms with van der Waals surface area (Å²) in [6.45, 7) is 5.85. The molecule has 118 valence electrons. The minimum absolute atomic E-state index is 0.0963. The Hall–Kier alpha value is -2.94. The number of aryl methyl sites for hydroxylation is 1. The average Bonchev–Trinajstić information content (AvgIpc) is 2.87. The van der Waals surface area contributed by atoms with E-state index < -0.39 is 0 Å². The van der Waals surface area contributed by atoms with E-state index in [-0.39, 0.29) is 17.9 Å². The number of nitrogens with one attached hydrogen (secondary N) is 1. The summed E-state index contributed by atoms with van der Waals surface area (Å²) in [6, 6.07) is 9.83. The zero-order valence-corrected chi connectivity index (χ0v) is 13.3. The van der Waals surface area contributed by atoms with Crippen LogP contribution in [-0.2, 0) is 0 Å². The molecule has 1 unspecified atom stereocenters. The number of ether oxygens (including phenoxy) is 2. The van der Waals surface area contributed by atoms with Crippen LogP contribution in [0.25, 0.3) is 0 Å². The zero-order chi connectivity index (χ0) is 16.6. The van der Waals surface area contributed by atoms with Crippen LogP contribution in [0.1, 0.15) is 36.6 Å². The van der Waals surface area contributed by atoms with Crippen molar-refractivity contribution in [1.82, 2.24) is 10.2 Å². The summed E-state index contributed by atoms with van der Waals surface area (Å²) < 4.78 is 11.1. The van der Waals surface area contributed by atoms with Gasteiger partial charge in [-0.2, -0.15) is 5.26 Å². The lowest BCUT2D eigenvalue weighted by atomic mass is 9.84. The fourth-order valence-corrected chi connectivity index (χ4v) is 2.74. The molecule has 3 rings (SSSR count). The predicted molar refractivity (Wildman–Crippen MR) is 84.8 cm³/mol. The van der Waals surface area contributed by atoms with Gasteiger partial charge in [0.05, 0.1) is 12.0 Å². The van der Waals surface area contributed by atoms with E-state index in [0.29, 0.717) is 11.5 Å². The number of aromatic nitrogens is 2. The third-order valence-electron chi connectivity index (χ3n) is 3.71. The van der Waals surface area contributed by atoms with Crippen LogP contribution in [0.2, 0.25) is 0 Å². The van der Waals surface area contributed by atoms with Crippen LogP contribution in [-0.4, -0.2) is 16.3 Å². The Bertz CT molecular complexity index is 797. The van der Waals surface area contributed by atoms with Crippen molar-refractivity contribution in [2.45, 2.75) is 32.8 Å². The molecule has 0 saturated carbocycles. The molecular weight excluding hydrogens is 292 g/mol. The van der Waals surface area contributed by atoms with Gasteiger partial charge in [-0.1, -0.05) is 12.1 Å². The Morgan fingerprint density at radius 1 is 1.35 bits per heavy atom. The smallest absolute Gasteiger partial charge is 0.244 e. The number of hydrogen-bond acceptors (Lipinski definition) is 5. The first-order valence-electron chi connectivity index (χ1n) is 7.40. The van der Waals surface area contributed by atoms with E-state index in [2.05, 4.69) is 16.3 Å². The molecule has 6 heteroatoms. The van der Waals surface area contributed by atoms with Crippen LogP contribution < -0.4 is 15.2 Å². The standard InChI is InChI=1S/C17H18N4O2/c1-9(2)22-12-6-4-11(5-7-12)15-13(8-18)16(19)23-17-14(15)10(3)20-21-17/h4-7,9,15H,19H2,1-3H3,(H,20,21). The molecule has 2 aromatic rings. The van der Waals surface area contributed by atoms with E-state index in [4.69, 9.17) is 15.2 Å². The molecule has 0 spiro atoms. The number of fused-ring (bicyclic) bond motifs is 1. The van der Waals surface area contributed by atoms with Crippen LogP contribution in [0.3, 0.4) is 0 Å². The Labute approximate surface area is 134 Å². The molecule has 0 saturated heterocycles. The van der Waals surface area contributed by atoms with Gasteiger partial charge < -0.3 is 15.2 Å². The quantitative estimate of drug-likeness (QED) is 0.908. The summed E-state index contributed by atoms with van der Waals surface area (Å²) in [5.41, 5.74) is 8.92. The van der Waals surface area contributed by atoms with Crippen molar-refractivity contribution < 1.29 is 9.47 Å². The van der Waals surface area contributed by atoms with Gasteiger partial charge in [-0.15, -0.1) is 5.10 Å². The molecule has 1 aliphatic heterocycles. The molecule has 2 heterocycles. The Morgan fingerprint density at radius 2 is 2.04 bits per heavy atom. The lowest BCUT2D eigenvalue weighted by Crippen LogP contribution is -2.21. The van der Waals surface area contributed by atoms with Crippen molar-refractivity contribution in [3.8, 4) is 17.7 Å². The van der Waals surface area contributed by atoms with Gasteiger partial charge in [0.25, 0.3) is 0 Å². The molecule has 0 radical (unpaired) electrons. The van der Waals surface area contributed by atoms with Gasteiger partial charge in [0, 0.05) is 11.3 Å². The maximum Gasteiger partial charge on any atom is 0.244 e. The molecular formula is C17H18N4O2. The van der Waals surface area contributed by atoms with Crippen LogP contribution in [0, 0.1) is 18.3 Å². The summed E-state index contributed by atoms with van der Waals surface area (Å²) in [7, 11) is 0. The lowest BCUT2D eigenvalue weighted by molar-refractivity contribution is 0.242. The normalized spacial score (nSPS) is 16.7. The first-order chi connectivity index (χ1) is 11.0. The number of nitrogens with zero attached hydrogens (tertiary/aromatic N) is 2. The van der Waals surface area contributed by atoms with Gasteiger partial charge in [-0.3, -0.25) is 5.10 Å². The summed E-state index contributed by atoms with van der Waals surface area (Å²) in [4.78, 5) is 0. The van der Waals surface area contributed by atoms with Crippen molar-refractivity contribution in [2.24, 2.45) is 5.73 Å². The van der Waals surface area contributed by atoms with Crippen molar-refractivity contribution in [3.05, 3.63) is 52.5 Å². The topological polar surface area (TPSA) is 97.0 Å². The number of H-pyrrole nitrogens is 1. The first kappa shape index (κ1) is 15.0. The van der Waals surface area contributed by atoms with Crippen molar-refractivity contribution in [3.63, 3.8) is 0 Å². The second-order valence-electron chi connectivity index (χ2n) is 5.73. The molecule has 3 N–H and O–H groups in total. The number of nitrogens with two attached hydrogens (primary N) is 1. The molecule has 6 nitrogen and oxygen atoms in total. The van der Waals surface area contributed by atoms with E-state index in [1.807, 2.05) is 45.0 Å². The first-order valence-corrected chi connectivity index (χ1v) is 7.40. The third kappa shape index (κ3) is 2.61. The maximum atomic E-state index is 9.50. The number of rotatable bonds is 3. The predicted octanol–water partition coefficient (Wildman–Crippen LogP) is 2.72. The number of hydrogen-bond donors (Lipinski definition) is 2. The minimum atomic E-state index is -0.296. The molecule has 0 fully saturated rings. The monoisotopic (exact) mass is 310 g/mol. The van der Waals surface area contributed by atoms with Gasteiger partial charge >= 0.3 is 0 Å². The summed E-state index contributed by atoms with van der Waals surface area (Å²) in [5, 5.41) is 16.5. The van der Waals surface area contributed by atoms with Gasteiger partial charge in [0.15, 0.2) is 0 Å². The van der Waals surface area contributed by atoms with E-state index in [1.54, 1.807) is 0 Å². The van der Waals surface area contributed by atoms with Crippen LogP contribution in [0.4, 0.5) is 0 Å². The average molecular weight is 310 g/mol. The summed E-state index contributed by atoms with van der Waals surface area (Å²) in [5.74, 6) is 1.01. The number of aromatic amines is 1. The molecule has 23 heavy (non-hydrogen) atoms. The van der Waals surface area contributed by atoms with Gasteiger partial charge in [0.1, 0.15) is 17.4 Å². The SMILES string of the molecule is Cc1[nH]nc2c1C(c1ccc(OC(C)C)cc1)C(C#N)=C(N)O2. The second kappa shape index (κ2) is 5.69. The van der Waals surface area contributed by atoms with Gasteiger partial charge in [-0.05, 0) is 38.5 Å². The van der Waals surface area contributed by atoms with Crippen molar-refractivity contribution in [2.75, 3.05) is 0 Å². The van der Waals surface area contributed by atoms with Gasteiger partial charge in [-0.25, -0.2) is 0 Å². The minimum Gasteiger partial charge on any atom is -0.491 e. The molecule has 1 aromatic heterocycles. The molecule has 1 aliphatic rings. The molecule has 0 bridgehead atoms. The van der Waals surface area contributed by atoms with E-state index in [9.17, 15) is 5.26 Å². The van der Waals surface area contributed by atoms with Crippen LogP contribution >= 0.6 is 0 Å². The number of nitriles is 1. The zero-order valence-electron chi connectivity index (χ0n) is 13.3. The maximum absolute atomic E-state index is 9.50. The summed E-state index contributed by atoms with van der Waals surface area (Å²) in [6.07, 6.45) is 0.108. The van der Waals surface area contributed by atoms with Gasteiger partial charge in [0.2, 0.25) is 11.8 Å². The molecule has 0 amide bonds. The van der Waals surface area contributed by atoms with E-state index >= 15 is 0 Å². The Morgan fingerprint density at radius 3 is 2.65 bits per heavy atom. The van der Waals surface area contributed by atoms with E-state index in [0.717, 1.165) is 22.6 Å².